The first-order valence-corrected chi connectivity index (χ1v) is 8.29. The molecule has 21 heavy (non-hydrogen) atoms. The predicted molar refractivity (Wildman–Crippen MR) is 87.0 cm³/mol. The van der Waals surface area contributed by atoms with Crippen LogP contribution in [0.5, 0.6) is 0 Å². The summed E-state index contributed by atoms with van der Waals surface area (Å²) < 4.78 is 20.1. The van der Waals surface area contributed by atoms with Crippen LogP contribution in [0.25, 0.3) is 0 Å². The molecular weight excluding hydrogens is 265 g/mol. The van der Waals surface area contributed by atoms with Crippen LogP contribution in [-0.2, 0) is 4.74 Å². The standard InChI is InChI=1S/C18H30FNO/c1-4-6-7-8-11-15(3)21-18(14-20-5-2)16-12-9-10-13-17(16)19/h9-10,12-13,15,18,20H,4-8,11,14H2,1-3H3. The van der Waals surface area contributed by atoms with Crippen LogP contribution < -0.4 is 5.32 Å². The van der Waals surface area contributed by atoms with E-state index in [1.165, 1.54) is 31.7 Å². The van der Waals surface area contributed by atoms with Gasteiger partial charge in [0.2, 0.25) is 0 Å². The maximum Gasteiger partial charge on any atom is 0.129 e. The molecule has 0 saturated carbocycles. The van der Waals surface area contributed by atoms with Crippen molar-refractivity contribution in [1.82, 2.24) is 5.32 Å². The molecule has 0 heterocycles. The molecule has 0 fully saturated rings. The minimum atomic E-state index is -0.215. The van der Waals surface area contributed by atoms with Crippen molar-refractivity contribution in [3.63, 3.8) is 0 Å². The third kappa shape index (κ3) is 7.05. The minimum absolute atomic E-state index is 0.158. The summed E-state index contributed by atoms with van der Waals surface area (Å²) in [5.41, 5.74) is 0.652. The van der Waals surface area contributed by atoms with Gasteiger partial charge in [0.05, 0.1) is 12.2 Å². The number of nitrogens with one attached hydrogen (secondary N) is 1. The predicted octanol–water partition coefficient (Wildman–Crippen LogP) is 4.85. The second-order valence-electron chi connectivity index (χ2n) is 5.61. The van der Waals surface area contributed by atoms with Gasteiger partial charge in [0.15, 0.2) is 0 Å². The fraction of sp³-hybridized carbons (Fsp3) is 0.667. The van der Waals surface area contributed by atoms with E-state index < -0.39 is 0 Å². The fourth-order valence-corrected chi connectivity index (χ4v) is 2.45. The highest BCUT2D eigenvalue weighted by atomic mass is 19.1. The lowest BCUT2D eigenvalue weighted by molar-refractivity contribution is -0.00953. The van der Waals surface area contributed by atoms with Gasteiger partial charge in [-0.15, -0.1) is 0 Å². The molecule has 0 spiro atoms. The van der Waals surface area contributed by atoms with E-state index in [0.29, 0.717) is 12.1 Å². The summed E-state index contributed by atoms with van der Waals surface area (Å²) in [5, 5.41) is 3.26. The summed E-state index contributed by atoms with van der Waals surface area (Å²) in [6.07, 6.45) is 5.94. The summed E-state index contributed by atoms with van der Waals surface area (Å²) in [6, 6.07) is 6.91. The third-order valence-corrected chi connectivity index (χ3v) is 3.69. The van der Waals surface area contributed by atoms with Crippen molar-refractivity contribution >= 4 is 0 Å². The minimum Gasteiger partial charge on any atom is -0.369 e. The van der Waals surface area contributed by atoms with Gasteiger partial charge < -0.3 is 10.1 Å². The van der Waals surface area contributed by atoms with E-state index >= 15 is 0 Å². The SMILES string of the molecule is CCCCCCC(C)OC(CNCC)c1ccccc1F. The molecule has 2 atom stereocenters. The van der Waals surface area contributed by atoms with Gasteiger partial charge in [-0.25, -0.2) is 4.39 Å². The first-order chi connectivity index (χ1) is 10.2. The molecule has 1 N–H and O–H groups in total. The molecule has 0 saturated heterocycles. The van der Waals surface area contributed by atoms with Crippen LogP contribution in [0.1, 0.15) is 64.5 Å². The van der Waals surface area contributed by atoms with E-state index in [4.69, 9.17) is 4.74 Å². The summed E-state index contributed by atoms with van der Waals surface area (Å²) in [6.45, 7) is 7.86. The number of likely N-dealkylation sites (N-methyl/N-ethyl adjacent to an activating group) is 1. The molecule has 0 aliphatic carbocycles. The number of ether oxygens (including phenoxy) is 1. The molecule has 2 unspecified atom stereocenters. The maximum atomic E-state index is 14.0. The first-order valence-electron chi connectivity index (χ1n) is 8.29. The van der Waals surface area contributed by atoms with Gasteiger partial charge in [-0.3, -0.25) is 0 Å². The van der Waals surface area contributed by atoms with E-state index in [-0.39, 0.29) is 18.0 Å². The molecule has 3 heteroatoms. The van der Waals surface area contributed by atoms with E-state index in [1.54, 1.807) is 6.07 Å². The highest BCUT2D eigenvalue weighted by Gasteiger charge is 2.18. The van der Waals surface area contributed by atoms with Gasteiger partial charge in [-0.05, 0) is 26.0 Å². The molecule has 120 valence electrons. The van der Waals surface area contributed by atoms with E-state index in [0.717, 1.165) is 13.0 Å². The van der Waals surface area contributed by atoms with Crippen LogP contribution in [0.2, 0.25) is 0 Å². The normalized spacial score (nSPS) is 14.1. The summed E-state index contributed by atoms with van der Waals surface area (Å²) in [7, 11) is 0. The van der Waals surface area contributed by atoms with Crippen LogP contribution in [0.15, 0.2) is 24.3 Å². The molecule has 0 aliphatic heterocycles. The molecular formula is C18H30FNO. The summed E-state index contributed by atoms with van der Waals surface area (Å²) in [4.78, 5) is 0. The Morgan fingerprint density at radius 3 is 2.57 bits per heavy atom. The lowest BCUT2D eigenvalue weighted by Gasteiger charge is -2.23. The molecule has 0 radical (unpaired) electrons. The van der Waals surface area contributed by atoms with Crippen LogP contribution in [0, 0.1) is 5.82 Å². The van der Waals surface area contributed by atoms with Crippen molar-refractivity contribution in [2.24, 2.45) is 0 Å². The second-order valence-corrected chi connectivity index (χ2v) is 5.61. The zero-order valence-electron chi connectivity index (χ0n) is 13.7. The number of unbranched alkanes of at least 4 members (excludes halogenated alkanes) is 3. The van der Waals surface area contributed by atoms with Crippen molar-refractivity contribution < 1.29 is 9.13 Å². The number of benzene rings is 1. The molecule has 1 aromatic rings. The van der Waals surface area contributed by atoms with Gasteiger partial charge in [0.1, 0.15) is 5.82 Å². The van der Waals surface area contributed by atoms with Crippen molar-refractivity contribution in [2.75, 3.05) is 13.1 Å². The zero-order valence-corrected chi connectivity index (χ0v) is 13.7. The number of hydrogen-bond donors (Lipinski definition) is 1. The topological polar surface area (TPSA) is 21.3 Å². The number of hydrogen-bond acceptors (Lipinski definition) is 2. The molecule has 0 aromatic heterocycles. The Balaban J connectivity index is 2.55. The average molecular weight is 295 g/mol. The molecule has 0 amide bonds. The van der Waals surface area contributed by atoms with Gasteiger partial charge in [-0.1, -0.05) is 57.7 Å². The molecule has 1 rings (SSSR count). The number of halogens is 1. The lowest BCUT2D eigenvalue weighted by atomic mass is 10.1. The third-order valence-electron chi connectivity index (χ3n) is 3.69. The van der Waals surface area contributed by atoms with Gasteiger partial charge in [0, 0.05) is 12.1 Å². The molecule has 2 nitrogen and oxygen atoms in total. The largest absolute Gasteiger partial charge is 0.369 e. The highest BCUT2D eigenvalue weighted by molar-refractivity contribution is 5.20. The van der Waals surface area contributed by atoms with Crippen LogP contribution >= 0.6 is 0 Å². The van der Waals surface area contributed by atoms with Crippen molar-refractivity contribution in [3.05, 3.63) is 35.6 Å². The smallest absolute Gasteiger partial charge is 0.129 e. The second kappa shape index (κ2) is 10.7. The van der Waals surface area contributed by atoms with E-state index in [2.05, 4.69) is 19.2 Å². The first kappa shape index (κ1) is 18.1. The summed E-state index contributed by atoms with van der Waals surface area (Å²) >= 11 is 0. The Hall–Kier alpha value is -0.930. The monoisotopic (exact) mass is 295 g/mol. The quantitative estimate of drug-likeness (QED) is 0.589. The van der Waals surface area contributed by atoms with Crippen molar-refractivity contribution in [1.29, 1.82) is 0 Å². The zero-order chi connectivity index (χ0) is 15.5. The van der Waals surface area contributed by atoms with E-state index in [1.807, 2.05) is 19.1 Å². The van der Waals surface area contributed by atoms with Crippen molar-refractivity contribution in [3.8, 4) is 0 Å². The van der Waals surface area contributed by atoms with E-state index in [9.17, 15) is 4.39 Å². The lowest BCUT2D eigenvalue weighted by Crippen LogP contribution is -2.26. The number of rotatable bonds is 11. The average Bonchev–Trinajstić information content (AvgIpc) is 2.48. The van der Waals surface area contributed by atoms with Gasteiger partial charge >= 0.3 is 0 Å². The van der Waals surface area contributed by atoms with Crippen LogP contribution in [0.4, 0.5) is 4.39 Å². The fourth-order valence-electron chi connectivity index (χ4n) is 2.45. The highest BCUT2D eigenvalue weighted by Crippen LogP contribution is 2.23. The maximum absolute atomic E-state index is 14.0. The van der Waals surface area contributed by atoms with Crippen LogP contribution in [0.3, 0.4) is 0 Å². The Kier molecular flexibility index (Phi) is 9.27. The van der Waals surface area contributed by atoms with Crippen molar-refractivity contribution in [2.45, 2.75) is 65.1 Å². The summed E-state index contributed by atoms with van der Waals surface area (Å²) in [5.74, 6) is -0.182. The Bertz CT molecular complexity index is 383. The molecule has 0 aliphatic rings. The Morgan fingerprint density at radius 1 is 1.14 bits per heavy atom. The van der Waals surface area contributed by atoms with Gasteiger partial charge in [0.25, 0.3) is 0 Å². The molecule has 0 bridgehead atoms. The van der Waals surface area contributed by atoms with Gasteiger partial charge in [-0.2, -0.15) is 0 Å². The Labute approximate surface area is 129 Å². The Morgan fingerprint density at radius 2 is 1.90 bits per heavy atom. The van der Waals surface area contributed by atoms with Crippen LogP contribution in [-0.4, -0.2) is 19.2 Å². The molecule has 1 aromatic carbocycles.